The SMILES string of the molecule is CC(C)(CC(=O)O)c1ccc(Br)nc1. The number of aliphatic carboxylic acids is 1. The van der Waals surface area contributed by atoms with Gasteiger partial charge in [-0.05, 0) is 27.6 Å². The smallest absolute Gasteiger partial charge is 0.304 e. The van der Waals surface area contributed by atoms with Crippen LogP contribution in [-0.2, 0) is 10.2 Å². The van der Waals surface area contributed by atoms with E-state index in [2.05, 4.69) is 20.9 Å². The number of aromatic nitrogens is 1. The molecule has 0 unspecified atom stereocenters. The van der Waals surface area contributed by atoms with Crippen LogP contribution in [0.1, 0.15) is 25.8 Å². The van der Waals surface area contributed by atoms with Gasteiger partial charge in [-0.15, -0.1) is 0 Å². The molecule has 0 amide bonds. The lowest BCUT2D eigenvalue weighted by molar-refractivity contribution is -0.138. The highest BCUT2D eigenvalue weighted by Crippen LogP contribution is 2.26. The van der Waals surface area contributed by atoms with Crippen LogP contribution in [0.2, 0.25) is 0 Å². The van der Waals surface area contributed by atoms with Gasteiger partial charge in [0.1, 0.15) is 4.60 Å². The first-order valence-electron chi connectivity index (χ1n) is 4.25. The molecule has 0 atom stereocenters. The fourth-order valence-electron chi connectivity index (χ4n) is 1.26. The van der Waals surface area contributed by atoms with Crippen LogP contribution < -0.4 is 0 Å². The molecule has 0 fully saturated rings. The van der Waals surface area contributed by atoms with E-state index in [-0.39, 0.29) is 11.8 Å². The molecule has 0 saturated heterocycles. The predicted octanol–water partition coefficient (Wildman–Crippen LogP) is 2.60. The van der Waals surface area contributed by atoms with Crippen molar-refractivity contribution < 1.29 is 9.90 Å². The third-order valence-corrected chi connectivity index (χ3v) is 2.57. The molecule has 1 aromatic heterocycles. The van der Waals surface area contributed by atoms with Gasteiger partial charge in [-0.1, -0.05) is 19.9 Å². The second kappa shape index (κ2) is 4.09. The highest BCUT2D eigenvalue weighted by atomic mass is 79.9. The summed E-state index contributed by atoms with van der Waals surface area (Å²) in [5.74, 6) is -0.794. The lowest BCUT2D eigenvalue weighted by Crippen LogP contribution is -2.21. The second-order valence-electron chi connectivity index (χ2n) is 3.82. The average molecular weight is 258 g/mol. The molecule has 0 aliphatic rings. The van der Waals surface area contributed by atoms with Gasteiger partial charge >= 0.3 is 5.97 Å². The van der Waals surface area contributed by atoms with Crippen LogP contribution in [0.25, 0.3) is 0 Å². The maximum absolute atomic E-state index is 10.6. The highest BCUT2D eigenvalue weighted by molar-refractivity contribution is 9.10. The van der Waals surface area contributed by atoms with Crippen molar-refractivity contribution in [3.8, 4) is 0 Å². The number of hydrogen-bond acceptors (Lipinski definition) is 2. The summed E-state index contributed by atoms with van der Waals surface area (Å²) in [6.45, 7) is 3.79. The number of halogens is 1. The van der Waals surface area contributed by atoms with Crippen molar-refractivity contribution in [3.63, 3.8) is 0 Å². The molecule has 0 radical (unpaired) electrons. The van der Waals surface area contributed by atoms with Gasteiger partial charge in [0, 0.05) is 11.6 Å². The van der Waals surface area contributed by atoms with E-state index in [9.17, 15) is 4.79 Å². The molecule has 1 aromatic rings. The Labute approximate surface area is 91.3 Å². The first kappa shape index (κ1) is 11.2. The standard InChI is InChI=1S/C10H12BrNO2/c1-10(2,5-9(13)14)7-3-4-8(11)12-6-7/h3-4,6H,5H2,1-2H3,(H,13,14). The first-order valence-corrected chi connectivity index (χ1v) is 5.05. The minimum absolute atomic E-state index is 0.107. The first-order chi connectivity index (χ1) is 6.42. The average Bonchev–Trinajstić information content (AvgIpc) is 2.02. The van der Waals surface area contributed by atoms with E-state index in [4.69, 9.17) is 5.11 Å². The van der Waals surface area contributed by atoms with Gasteiger partial charge in [0.05, 0.1) is 6.42 Å². The summed E-state index contributed by atoms with van der Waals surface area (Å²) in [6, 6.07) is 3.71. The van der Waals surface area contributed by atoms with Crippen LogP contribution in [-0.4, -0.2) is 16.1 Å². The molecule has 1 heterocycles. The van der Waals surface area contributed by atoms with Crippen LogP contribution in [0.3, 0.4) is 0 Å². The molecule has 14 heavy (non-hydrogen) atoms. The fraction of sp³-hybridized carbons (Fsp3) is 0.400. The van der Waals surface area contributed by atoms with E-state index in [1.807, 2.05) is 26.0 Å². The number of rotatable bonds is 3. The zero-order chi connectivity index (χ0) is 10.8. The van der Waals surface area contributed by atoms with Crippen molar-refractivity contribution in [2.75, 3.05) is 0 Å². The van der Waals surface area contributed by atoms with E-state index in [0.29, 0.717) is 0 Å². The van der Waals surface area contributed by atoms with E-state index in [0.717, 1.165) is 10.2 Å². The minimum Gasteiger partial charge on any atom is -0.481 e. The summed E-state index contributed by atoms with van der Waals surface area (Å²) in [7, 11) is 0. The summed E-state index contributed by atoms with van der Waals surface area (Å²) in [5, 5.41) is 8.74. The van der Waals surface area contributed by atoms with E-state index in [1.165, 1.54) is 0 Å². The number of carbonyl (C=O) groups is 1. The molecule has 4 heteroatoms. The number of hydrogen-bond donors (Lipinski definition) is 1. The Hall–Kier alpha value is -0.900. The Kier molecular flexibility index (Phi) is 3.26. The Bertz CT molecular complexity index is 332. The fourth-order valence-corrected chi connectivity index (χ4v) is 1.49. The summed E-state index contributed by atoms with van der Waals surface area (Å²) < 4.78 is 0.757. The summed E-state index contributed by atoms with van der Waals surface area (Å²) in [6.07, 6.45) is 1.81. The minimum atomic E-state index is -0.794. The molecule has 0 aromatic carbocycles. The van der Waals surface area contributed by atoms with Crippen molar-refractivity contribution >= 4 is 21.9 Å². The Morgan fingerprint density at radius 3 is 2.64 bits per heavy atom. The van der Waals surface area contributed by atoms with E-state index < -0.39 is 5.97 Å². The van der Waals surface area contributed by atoms with Crippen LogP contribution >= 0.6 is 15.9 Å². The molecule has 0 aliphatic heterocycles. The summed E-state index contributed by atoms with van der Waals surface area (Å²) in [5.41, 5.74) is 0.558. The van der Waals surface area contributed by atoms with Crippen LogP contribution in [0.4, 0.5) is 0 Å². The van der Waals surface area contributed by atoms with Gasteiger partial charge in [0.15, 0.2) is 0 Å². The quantitative estimate of drug-likeness (QED) is 0.848. The predicted molar refractivity (Wildman–Crippen MR) is 57.2 cm³/mol. The summed E-state index contributed by atoms with van der Waals surface area (Å²) in [4.78, 5) is 14.7. The van der Waals surface area contributed by atoms with Gasteiger partial charge in [0.25, 0.3) is 0 Å². The monoisotopic (exact) mass is 257 g/mol. The van der Waals surface area contributed by atoms with Crippen molar-refractivity contribution in [1.29, 1.82) is 0 Å². The number of pyridine rings is 1. The van der Waals surface area contributed by atoms with Gasteiger partial charge in [-0.25, -0.2) is 4.98 Å². The third-order valence-electron chi connectivity index (χ3n) is 2.10. The highest BCUT2D eigenvalue weighted by Gasteiger charge is 2.24. The maximum atomic E-state index is 10.6. The van der Waals surface area contributed by atoms with Crippen LogP contribution in [0.15, 0.2) is 22.9 Å². The van der Waals surface area contributed by atoms with Crippen LogP contribution in [0, 0.1) is 0 Å². The zero-order valence-electron chi connectivity index (χ0n) is 8.12. The van der Waals surface area contributed by atoms with Crippen molar-refractivity contribution in [2.45, 2.75) is 25.7 Å². The molecule has 3 nitrogen and oxygen atoms in total. The molecular formula is C10H12BrNO2. The molecule has 0 bridgehead atoms. The van der Waals surface area contributed by atoms with E-state index >= 15 is 0 Å². The Balaban J connectivity index is 2.91. The number of carboxylic acids is 1. The van der Waals surface area contributed by atoms with Crippen LogP contribution in [0.5, 0.6) is 0 Å². The largest absolute Gasteiger partial charge is 0.481 e. The normalized spacial score (nSPS) is 11.4. The van der Waals surface area contributed by atoms with Gasteiger partial charge in [-0.2, -0.15) is 0 Å². The molecule has 0 spiro atoms. The molecule has 0 aliphatic carbocycles. The van der Waals surface area contributed by atoms with Crippen molar-refractivity contribution in [1.82, 2.24) is 4.98 Å². The van der Waals surface area contributed by atoms with Crippen molar-refractivity contribution in [2.24, 2.45) is 0 Å². The van der Waals surface area contributed by atoms with E-state index in [1.54, 1.807) is 6.20 Å². The molecule has 1 N–H and O–H groups in total. The zero-order valence-corrected chi connectivity index (χ0v) is 9.71. The number of nitrogens with zero attached hydrogens (tertiary/aromatic N) is 1. The lowest BCUT2D eigenvalue weighted by Gasteiger charge is -2.22. The second-order valence-corrected chi connectivity index (χ2v) is 4.64. The van der Waals surface area contributed by atoms with Gasteiger partial charge in [-0.3, -0.25) is 4.79 Å². The molecule has 0 saturated carbocycles. The summed E-state index contributed by atoms with van der Waals surface area (Å²) >= 11 is 3.24. The lowest BCUT2D eigenvalue weighted by atomic mass is 9.83. The topological polar surface area (TPSA) is 50.2 Å². The molecule has 76 valence electrons. The maximum Gasteiger partial charge on any atom is 0.304 e. The van der Waals surface area contributed by atoms with Gasteiger partial charge in [0.2, 0.25) is 0 Å². The van der Waals surface area contributed by atoms with Crippen molar-refractivity contribution in [3.05, 3.63) is 28.5 Å². The van der Waals surface area contributed by atoms with Gasteiger partial charge < -0.3 is 5.11 Å². The molecule has 1 rings (SSSR count). The Morgan fingerprint density at radius 2 is 2.21 bits per heavy atom. The third kappa shape index (κ3) is 2.80. The Morgan fingerprint density at radius 1 is 1.57 bits per heavy atom. The molecular weight excluding hydrogens is 246 g/mol. The number of carboxylic acid groups (broad SMARTS) is 1.